The highest BCUT2D eigenvalue weighted by molar-refractivity contribution is 5.67. The molecule has 0 rings (SSSR count). The van der Waals surface area contributed by atoms with Crippen LogP contribution in [0.4, 0.5) is 4.79 Å². The fourth-order valence-electron chi connectivity index (χ4n) is 1.30. The summed E-state index contributed by atoms with van der Waals surface area (Å²) in [5, 5.41) is 20.4. The van der Waals surface area contributed by atoms with Crippen LogP contribution in [0.15, 0.2) is 0 Å². The van der Waals surface area contributed by atoms with E-state index in [2.05, 4.69) is 5.32 Å². The maximum absolute atomic E-state index is 11.3. The van der Waals surface area contributed by atoms with E-state index < -0.39 is 11.7 Å². The second kappa shape index (κ2) is 8.31. The second-order valence-corrected chi connectivity index (χ2v) is 5.16. The maximum atomic E-state index is 11.3. The highest BCUT2D eigenvalue weighted by Gasteiger charge is 2.15. The molecule has 102 valence electrons. The average molecular weight is 247 g/mol. The van der Waals surface area contributed by atoms with Gasteiger partial charge in [0.2, 0.25) is 0 Å². The monoisotopic (exact) mass is 247 g/mol. The number of carbonyl (C=O) groups excluding carboxylic acids is 1. The van der Waals surface area contributed by atoms with E-state index >= 15 is 0 Å². The number of aliphatic hydroxyl groups excluding tert-OH is 2. The molecule has 0 spiro atoms. The Kier molecular flexibility index (Phi) is 7.91. The topological polar surface area (TPSA) is 78.8 Å². The van der Waals surface area contributed by atoms with E-state index in [1.54, 1.807) is 0 Å². The lowest BCUT2D eigenvalue weighted by Gasteiger charge is -2.19. The maximum Gasteiger partial charge on any atom is 0.407 e. The largest absolute Gasteiger partial charge is 0.444 e. The Hall–Kier alpha value is -0.810. The van der Waals surface area contributed by atoms with Crippen LogP contribution in [0.2, 0.25) is 0 Å². The lowest BCUT2D eigenvalue weighted by Crippen LogP contribution is -2.33. The van der Waals surface area contributed by atoms with Gasteiger partial charge in [0.1, 0.15) is 5.60 Å². The van der Waals surface area contributed by atoms with Crippen LogP contribution >= 0.6 is 0 Å². The van der Waals surface area contributed by atoms with Crippen LogP contribution in [0.5, 0.6) is 0 Å². The lowest BCUT2D eigenvalue weighted by atomic mass is 10.0. The highest BCUT2D eigenvalue weighted by atomic mass is 16.6. The van der Waals surface area contributed by atoms with Crippen LogP contribution in [0.25, 0.3) is 0 Å². The number of unbranched alkanes of at least 4 members (excludes halogenated alkanes) is 1. The molecular weight excluding hydrogens is 222 g/mol. The molecule has 0 aliphatic heterocycles. The number of ether oxygens (including phenoxy) is 1. The Morgan fingerprint density at radius 1 is 1.24 bits per heavy atom. The second-order valence-electron chi connectivity index (χ2n) is 5.16. The summed E-state index contributed by atoms with van der Waals surface area (Å²) in [4.78, 5) is 11.3. The van der Waals surface area contributed by atoms with E-state index in [0.717, 1.165) is 19.3 Å². The number of nitrogens with one attached hydrogen (secondary N) is 1. The summed E-state index contributed by atoms with van der Waals surface area (Å²) in [6, 6.07) is 0. The molecule has 0 fully saturated rings. The number of rotatable bonds is 7. The first-order chi connectivity index (χ1) is 7.89. The number of carbonyl (C=O) groups is 1. The van der Waals surface area contributed by atoms with E-state index in [4.69, 9.17) is 14.9 Å². The fourth-order valence-corrected chi connectivity index (χ4v) is 1.30. The Bertz CT molecular complexity index is 209. The molecule has 0 unspecified atom stereocenters. The van der Waals surface area contributed by atoms with Crippen LogP contribution in [0, 0.1) is 5.92 Å². The summed E-state index contributed by atoms with van der Waals surface area (Å²) in [6.45, 7) is 6.03. The SMILES string of the molecule is CC(C)(C)OC(=O)NCCCCC(CO)CO. The Morgan fingerprint density at radius 3 is 2.29 bits per heavy atom. The number of alkyl carbamates (subject to hydrolysis) is 1. The summed E-state index contributed by atoms with van der Waals surface area (Å²) in [5.74, 6) is -0.0449. The molecule has 0 aromatic carbocycles. The molecular formula is C12H25NO4. The minimum atomic E-state index is -0.469. The van der Waals surface area contributed by atoms with Crippen LogP contribution < -0.4 is 5.32 Å². The van der Waals surface area contributed by atoms with Crippen molar-refractivity contribution in [3.8, 4) is 0 Å². The van der Waals surface area contributed by atoms with E-state index in [1.165, 1.54) is 0 Å². The first-order valence-electron chi connectivity index (χ1n) is 6.07. The van der Waals surface area contributed by atoms with Gasteiger partial charge in [-0.15, -0.1) is 0 Å². The van der Waals surface area contributed by atoms with Crippen molar-refractivity contribution in [1.29, 1.82) is 0 Å². The molecule has 1 amide bonds. The number of hydrogen-bond acceptors (Lipinski definition) is 4. The van der Waals surface area contributed by atoms with Gasteiger partial charge in [0.25, 0.3) is 0 Å². The number of amides is 1. The van der Waals surface area contributed by atoms with Gasteiger partial charge in [-0.25, -0.2) is 4.79 Å². The minimum Gasteiger partial charge on any atom is -0.444 e. The van der Waals surface area contributed by atoms with Crippen LogP contribution in [-0.2, 0) is 4.74 Å². The third-order valence-corrected chi connectivity index (χ3v) is 2.22. The fraction of sp³-hybridized carbons (Fsp3) is 0.917. The Labute approximate surface area is 103 Å². The first kappa shape index (κ1) is 16.2. The van der Waals surface area contributed by atoms with Crippen molar-refractivity contribution in [3.05, 3.63) is 0 Å². The number of aliphatic hydroxyl groups is 2. The quantitative estimate of drug-likeness (QED) is 0.592. The molecule has 0 saturated heterocycles. The zero-order valence-corrected chi connectivity index (χ0v) is 11.0. The van der Waals surface area contributed by atoms with E-state index in [9.17, 15) is 4.79 Å². The third-order valence-electron chi connectivity index (χ3n) is 2.22. The number of hydrogen-bond donors (Lipinski definition) is 3. The first-order valence-corrected chi connectivity index (χ1v) is 6.07. The molecule has 5 nitrogen and oxygen atoms in total. The molecule has 0 bridgehead atoms. The predicted octanol–water partition coefficient (Wildman–Crippen LogP) is 1.28. The van der Waals surface area contributed by atoms with Crippen molar-refractivity contribution >= 4 is 6.09 Å². The van der Waals surface area contributed by atoms with Gasteiger partial charge in [-0.3, -0.25) is 0 Å². The van der Waals surface area contributed by atoms with Crippen LogP contribution in [-0.4, -0.2) is 41.7 Å². The minimum absolute atomic E-state index is 0.00992. The standard InChI is InChI=1S/C12H25NO4/c1-12(2,3)17-11(16)13-7-5-4-6-10(8-14)9-15/h10,14-15H,4-9H2,1-3H3,(H,13,16). The van der Waals surface area contributed by atoms with Crippen molar-refractivity contribution in [3.63, 3.8) is 0 Å². The van der Waals surface area contributed by atoms with Gasteiger partial charge < -0.3 is 20.3 Å². The molecule has 5 heteroatoms. The zero-order chi connectivity index (χ0) is 13.3. The summed E-state index contributed by atoms with van der Waals surface area (Å²) < 4.78 is 5.08. The predicted molar refractivity (Wildman–Crippen MR) is 65.7 cm³/mol. The van der Waals surface area contributed by atoms with Gasteiger partial charge in [0.05, 0.1) is 0 Å². The molecule has 3 N–H and O–H groups in total. The Morgan fingerprint density at radius 2 is 1.82 bits per heavy atom. The highest BCUT2D eigenvalue weighted by Crippen LogP contribution is 2.08. The van der Waals surface area contributed by atoms with Gasteiger partial charge in [-0.05, 0) is 33.6 Å². The zero-order valence-electron chi connectivity index (χ0n) is 11.0. The Balaban J connectivity index is 3.49. The summed E-state index contributed by atoms with van der Waals surface area (Å²) in [6.07, 6.45) is 2.04. The van der Waals surface area contributed by atoms with Crippen molar-refractivity contribution in [1.82, 2.24) is 5.32 Å². The normalized spacial score (nSPS) is 11.6. The van der Waals surface area contributed by atoms with Crippen molar-refractivity contribution in [2.75, 3.05) is 19.8 Å². The van der Waals surface area contributed by atoms with Gasteiger partial charge in [0.15, 0.2) is 0 Å². The molecule has 0 saturated carbocycles. The molecule has 0 atom stereocenters. The van der Waals surface area contributed by atoms with Gasteiger partial charge in [-0.1, -0.05) is 6.42 Å². The average Bonchev–Trinajstić information content (AvgIpc) is 2.21. The molecule has 0 aliphatic rings. The molecule has 0 heterocycles. The van der Waals surface area contributed by atoms with Crippen molar-refractivity contribution < 1.29 is 19.7 Å². The van der Waals surface area contributed by atoms with E-state index in [-0.39, 0.29) is 19.1 Å². The van der Waals surface area contributed by atoms with Crippen LogP contribution in [0.1, 0.15) is 40.0 Å². The summed E-state index contributed by atoms with van der Waals surface area (Å²) in [5.41, 5.74) is -0.469. The van der Waals surface area contributed by atoms with Gasteiger partial charge in [0, 0.05) is 25.7 Å². The van der Waals surface area contributed by atoms with Gasteiger partial charge in [-0.2, -0.15) is 0 Å². The van der Waals surface area contributed by atoms with E-state index in [1.807, 2.05) is 20.8 Å². The molecule has 0 aromatic rings. The molecule has 0 aromatic heterocycles. The summed E-state index contributed by atoms with van der Waals surface area (Å²) >= 11 is 0. The molecule has 17 heavy (non-hydrogen) atoms. The van der Waals surface area contributed by atoms with Crippen molar-refractivity contribution in [2.45, 2.75) is 45.6 Å². The molecule has 0 aliphatic carbocycles. The third kappa shape index (κ3) is 10.1. The van der Waals surface area contributed by atoms with Crippen molar-refractivity contribution in [2.24, 2.45) is 5.92 Å². The van der Waals surface area contributed by atoms with Crippen LogP contribution in [0.3, 0.4) is 0 Å². The smallest absolute Gasteiger partial charge is 0.407 e. The summed E-state index contributed by atoms with van der Waals surface area (Å²) in [7, 11) is 0. The lowest BCUT2D eigenvalue weighted by molar-refractivity contribution is 0.0526. The molecule has 0 radical (unpaired) electrons. The van der Waals surface area contributed by atoms with E-state index in [0.29, 0.717) is 6.54 Å². The van der Waals surface area contributed by atoms with Gasteiger partial charge >= 0.3 is 6.09 Å².